The van der Waals surface area contributed by atoms with E-state index in [1.54, 1.807) is 30.0 Å². The predicted molar refractivity (Wildman–Crippen MR) is 116 cm³/mol. The molecule has 1 aliphatic rings. The van der Waals surface area contributed by atoms with E-state index in [0.717, 1.165) is 57.3 Å². The van der Waals surface area contributed by atoms with Gasteiger partial charge in [-0.3, -0.25) is 14.7 Å². The summed E-state index contributed by atoms with van der Waals surface area (Å²) in [7, 11) is 1.79. The Bertz CT molecular complexity index is 794. The van der Waals surface area contributed by atoms with Crippen LogP contribution in [0.5, 0.6) is 0 Å². The summed E-state index contributed by atoms with van der Waals surface area (Å²) in [6.45, 7) is 4.53. The Balaban J connectivity index is 1.42. The Kier molecular flexibility index (Phi) is 8.37. The number of hydrogen-bond acceptors (Lipinski definition) is 4. The number of pyridine rings is 1. The van der Waals surface area contributed by atoms with Crippen LogP contribution < -0.4 is 16.2 Å². The van der Waals surface area contributed by atoms with Gasteiger partial charge in [0.2, 0.25) is 5.56 Å². The Morgan fingerprint density at radius 2 is 2.00 bits per heavy atom. The van der Waals surface area contributed by atoms with Crippen LogP contribution in [0.2, 0.25) is 0 Å². The lowest BCUT2D eigenvalue weighted by Crippen LogP contribution is -2.44. The van der Waals surface area contributed by atoms with Crippen LogP contribution in [-0.4, -0.2) is 48.7 Å². The molecule has 0 bridgehead atoms. The largest absolute Gasteiger partial charge is 0.468 e. The van der Waals surface area contributed by atoms with Crippen LogP contribution in [0.3, 0.4) is 0 Å². The second-order valence-electron chi connectivity index (χ2n) is 7.45. The van der Waals surface area contributed by atoms with Gasteiger partial charge in [0.1, 0.15) is 5.76 Å². The number of likely N-dealkylation sites (tertiary alicyclic amines) is 1. The van der Waals surface area contributed by atoms with Gasteiger partial charge in [-0.15, -0.1) is 0 Å². The third kappa shape index (κ3) is 6.49. The number of piperidine rings is 1. The summed E-state index contributed by atoms with van der Waals surface area (Å²) in [6.07, 6.45) is 9.30. The van der Waals surface area contributed by atoms with Crippen molar-refractivity contribution in [1.29, 1.82) is 0 Å². The van der Waals surface area contributed by atoms with Crippen LogP contribution >= 0.6 is 0 Å². The zero-order chi connectivity index (χ0) is 20.3. The van der Waals surface area contributed by atoms with Gasteiger partial charge in [0, 0.05) is 38.9 Å². The van der Waals surface area contributed by atoms with Crippen LogP contribution in [0.1, 0.15) is 43.9 Å². The highest BCUT2D eigenvalue weighted by Gasteiger charge is 2.24. The van der Waals surface area contributed by atoms with Crippen molar-refractivity contribution in [3.63, 3.8) is 0 Å². The molecule has 3 rings (SSSR count). The van der Waals surface area contributed by atoms with E-state index >= 15 is 0 Å². The molecule has 1 aliphatic heterocycles. The van der Waals surface area contributed by atoms with Gasteiger partial charge in [-0.1, -0.05) is 12.5 Å². The van der Waals surface area contributed by atoms with Crippen molar-refractivity contribution in [3.05, 3.63) is 58.9 Å². The van der Waals surface area contributed by atoms with Crippen LogP contribution in [0.4, 0.5) is 0 Å². The Morgan fingerprint density at radius 1 is 1.14 bits per heavy atom. The van der Waals surface area contributed by atoms with Gasteiger partial charge in [-0.2, -0.15) is 0 Å². The van der Waals surface area contributed by atoms with Crippen LogP contribution in [0.25, 0.3) is 0 Å². The maximum Gasteiger partial charge on any atom is 0.250 e. The molecule has 0 amide bonds. The molecule has 1 saturated heterocycles. The number of aryl methyl sites for hydroxylation is 1. The average molecular weight is 400 g/mol. The molecule has 1 fully saturated rings. The molecule has 2 N–H and O–H groups in total. The van der Waals surface area contributed by atoms with E-state index in [9.17, 15) is 4.79 Å². The number of hydrogen-bond donors (Lipinski definition) is 2. The fourth-order valence-electron chi connectivity index (χ4n) is 3.79. The molecule has 158 valence electrons. The van der Waals surface area contributed by atoms with E-state index in [1.165, 1.54) is 19.3 Å². The van der Waals surface area contributed by atoms with Gasteiger partial charge in [0.15, 0.2) is 5.96 Å². The van der Waals surface area contributed by atoms with Gasteiger partial charge < -0.3 is 19.6 Å². The summed E-state index contributed by atoms with van der Waals surface area (Å²) < 4.78 is 7.46. The summed E-state index contributed by atoms with van der Waals surface area (Å²) in [5, 5.41) is 6.83. The van der Waals surface area contributed by atoms with Gasteiger partial charge in [-0.05, 0) is 57.0 Å². The van der Waals surface area contributed by atoms with E-state index in [4.69, 9.17) is 4.42 Å². The molecule has 0 saturated carbocycles. The van der Waals surface area contributed by atoms with Crippen molar-refractivity contribution >= 4 is 5.96 Å². The molecule has 0 radical (unpaired) electrons. The number of nitrogens with zero attached hydrogens (tertiary/aromatic N) is 3. The number of aliphatic imine (C=N–C) groups is 1. The maximum absolute atomic E-state index is 11.7. The standard InChI is InChI=1S/C22H33N5O2/c1-23-22(24-12-4-8-16-27-15-7-3-11-21(27)28)25-18-19(20-10-9-17-29-20)26-13-5-2-6-14-26/h3,7,9-11,15,17,19H,2,4-6,8,12-14,16,18H2,1H3,(H2,23,24,25). The van der Waals surface area contributed by atoms with Gasteiger partial charge >= 0.3 is 0 Å². The van der Waals surface area contributed by atoms with E-state index in [-0.39, 0.29) is 11.6 Å². The highest BCUT2D eigenvalue weighted by molar-refractivity contribution is 5.79. The number of guanidine groups is 1. The minimum absolute atomic E-state index is 0.0552. The molecule has 0 spiro atoms. The van der Waals surface area contributed by atoms with Gasteiger partial charge in [0.25, 0.3) is 0 Å². The molecular weight excluding hydrogens is 366 g/mol. The number of rotatable bonds is 9. The molecule has 1 atom stereocenters. The summed E-state index contributed by atoms with van der Waals surface area (Å²) >= 11 is 0. The normalized spacial score (nSPS) is 16.5. The van der Waals surface area contributed by atoms with Crippen LogP contribution in [-0.2, 0) is 6.54 Å². The van der Waals surface area contributed by atoms with Crippen molar-refractivity contribution in [2.45, 2.75) is 44.7 Å². The highest BCUT2D eigenvalue weighted by atomic mass is 16.3. The summed E-state index contributed by atoms with van der Waals surface area (Å²) in [4.78, 5) is 18.6. The van der Waals surface area contributed by atoms with Crippen molar-refractivity contribution in [3.8, 4) is 0 Å². The second-order valence-corrected chi connectivity index (χ2v) is 7.45. The van der Waals surface area contributed by atoms with E-state index in [2.05, 4.69) is 26.6 Å². The molecule has 29 heavy (non-hydrogen) atoms. The van der Waals surface area contributed by atoms with Crippen LogP contribution in [0.15, 0.2) is 57.0 Å². The SMILES string of the molecule is CN=C(NCCCCn1ccccc1=O)NCC(c1ccco1)N1CCCCC1. The molecular formula is C22H33N5O2. The fourth-order valence-corrected chi connectivity index (χ4v) is 3.79. The third-order valence-electron chi connectivity index (χ3n) is 5.41. The Labute approximate surface area is 172 Å². The highest BCUT2D eigenvalue weighted by Crippen LogP contribution is 2.24. The molecule has 1 unspecified atom stereocenters. The Morgan fingerprint density at radius 3 is 2.72 bits per heavy atom. The smallest absolute Gasteiger partial charge is 0.250 e. The molecule has 2 aromatic heterocycles. The van der Waals surface area contributed by atoms with Crippen LogP contribution in [0, 0.1) is 0 Å². The minimum Gasteiger partial charge on any atom is -0.468 e. The third-order valence-corrected chi connectivity index (χ3v) is 5.41. The first kappa shape index (κ1) is 21.2. The Hall–Kier alpha value is -2.54. The molecule has 7 nitrogen and oxygen atoms in total. The number of unbranched alkanes of at least 4 members (excludes halogenated alkanes) is 1. The summed E-state index contributed by atoms with van der Waals surface area (Å²) in [6, 6.07) is 9.50. The molecule has 7 heteroatoms. The maximum atomic E-state index is 11.7. The lowest BCUT2D eigenvalue weighted by molar-refractivity contribution is 0.146. The van der Waals surface area contributed by atoms with Crippen molar-refractivity contribution < 1.29 is 4.42 Å². The quantitative estimate of drug-likeness (QED) is 0.385. The van der Waals surface area contributed by atoms with Gasteiger partial charge in [0.05, 0.1) is 12.3 Å². The number of nitrogens with one attached hydrogen (secondary N) is 2. The fraction of sp³-hybridized carbons (Fsp3) is 0.545. The molecule has 3 heterocycles. The number of aromatic nitrogens is 1. The zero-order valence-electron chi connectivity index (χ0n) is 17.3. The van der Waals surface area contributed by atoms with E-state index in [1.807, 2.05) is 18.3 Å². The summed E-state index contributed by atoms with van der Waals surface area (Å²) in [5.74, 6) is 1.80. The minimum atomic E-state index is 0.0552. The van der Waals surface area contributed by atoms with E-state index in [0.29, 0.717) is 0 Å². The van der Waals surface area contributed by atoms with Crippen molar-refractivity contribution in [2.24, 2.45) is 4.99 Å². The zero-order valence-corrected chi connectivity index (χ0v) is 17.3. The monoisotopic (exact) mass is 399 g/mol. The molecule has 2 aromatic rings. The van der Waals surface area contributed by atoms with Crippen molar-refractivity contribution in [1.82, 2.24) is 20.1 Å². The van der Waals surface area contributed by atoms with Crippen molar-refractivity contribution in [2.75, 3.05) is 33.2 Å². The lowest BCUT2D eigenvalue weighted by atomic mass is 10.1. The first-order chi connectivity index (χ1) is 14.3. The second kappa shape index (κ2) is 11.5. The first-order valence-corrected chi connectivity index (χ1v) is 10.7. The topological polar surface area (TPSA) is 74.8 Å². The molecule has 0 aliphatic carbocycles. The van der Waals surface area contributed by atoms with Gasteiger partial charge in [-0.25, -0.2) is 0 Å². The first-order valence-electron chi connectivity index (χ1n) is 10.7. The predicted octanol–water partition coefficient (Wildman–Crippen LogP) is 2.61. The number of furan rings is 1. The lowest BCUT2D eigenvalue weighted by Gasteiger charge is -2.33. The van der Waals surface area contributed by atoms with E-state index < -0.39 is 0 Å². The summed E-state index contributed by atoms with van der Waals surface area (Å²) in [5.41, 5.74) is 0.0552. The molecule has 0 aromatic carbocycles. The average Bonchev–Trinajstić information content (AvgIpc) is 3.29.